The maximum atomic E-state index is 12.7. The fourth-order valence-electron chi connectivity index (χ4n) is 1.61. The van der Waals surface area contributed by atoms with E-state index in [2.05, 4.69) is 0 Å². The summed E-state index contributed by atoms with van der Waals surface area (Å²) in [7, 11) is 0. The number of carbonyl (C=O) groups is 2. The Balaban J connectivity index is 2.72. The maximum Gasteiger partial charge on any atom is 0.326 e. The summed E-state index contributed by atoms with van der Waals surface area (Å²) >= 11 is 0. The number of rotatable bonds is 7. The van der Waals surface area contributed by atoms with E-state index in [1.807, 2.05) is 6.92 Å². The lowest BCUT2D eigenvalue weighted by atomic mass is 9.93. The van der Waals surface area contributed by atoms with Gasteiger partial charge in [-0.15, -0.1) is 0 Å². The number of alkyl halides is 1. The highest BCUT2D eigenvalue weighted by Gasteiger charge is 2.34. The molecule has 20 heavy (non-hydrogen) atoms. The van der Waals surface area contributed by atoms with Crippen LogP contribution in [0.5, 0.6) is 5.75 Å². The Morgan fingerprint density at radius 2 is 1.95 bits per heavy atom. The van der Waals surface area contributed by atoms with Crippen molar-refractivity contribution in [2.45, 2.75) is 31.7 Å². The standard InChI is InChI=1S/C14H18FNO4/c1-2-3-12(17)20-11-6-4-10(5-7-11)8-14(16,9-15)13(18)19/h4-7H,2-3,8-9,16H2,1H3,(H,18,19)/t14-/m1/s1. The molecule has 0 aliphatic rings. The number of aliphatic carboxylic acids is 1. The van der Waals surface area contributed by atoms with Crippen molar-refractivity contribution < 1.29 is 23.8 Å². The van der Waals surface area contributed by atoms with Crippen LogP contribution in [0, 0.1) is 0 Å². The second-order valence-electron chi connectivity index (χ2n) is 4.64. The molecule has 0 radical (unpaired) electrons. The van der Waals surface area contributed by atoms with Gasteiger partial charge in [-0.05, 0) is 24.1 Å². The number of hydrogen-bond donors (Lipinski definition) is 2. The molecule has 0 heterocycles. The largest absolute Gasteiger partial charge is 0.480 e. The van der Waals surface area contributed by atoms with Gasteiger partial charge < -0.3 is 15.6 Å². The lowest BCUT2D eigenvalue weighted by molar-refractivity contribution is -0.144. The predicted octanol–water partition coefficient (Wildman–Crippen LogP) is 1.69. The maximum absolute atomic E-state index is 12.7. The van der Waals surface area contributed by atoms with Gasteiger partial charge in [0, 0.05) is 12.8 Å². The smallest absolute Gasteiger partial charge is 0.326 e. The molecule has 0 spiro atoms. The molecule has 6 heteroatoms. The van der Waals surface area contributed by atoms with E-state index in [0.717, 1.165) is 0 Å². The summed E-state index contributed by atoms with van der Waals surface area (Å²) < 4.78 is 17.8. The van der Waals surface area contributed by atoms with Crippen molar-refractivity contribution in [3.8, 4) is 5.75 Å². The highest BCUT2D eigenvalue weighted by atomic mass is 19.1. The molecule has 1 atom stereocenters. The Kier molecular flexibility index (Phi) is 5.64. The summed E-state index contributed by atoms with van der Waals surface area (Å²) in [6.45, 7) is 0.712. The molecule has 1 aromatic rings. The van der Waals surface area contributed by atoms with Gasteiger partial charge in [-0.2, -0.15) is 0 Å². The molecule has 0 aliphatic carbocycles. The minimum Gasteiger partial charge on any atom is -0.480 e. The zero-order chi connectivity index (χ0) is 15.2. The molecule has 1 rings (SSSR count). The van der Waals surface area contributed by atoms with Crippen molar-refractivity contribution in [2.75, 3.05) is 6.67 Å². The minimum atomic E-state index is -1.93. The van der Waals surface area contributed by atoms with Crippen LogP contribution in [0.15, 0.2) is 24.3 Å². The van der Waals surface area contributed by atoms with Crippen molar-refractivity contribution in [3.05, 3.63) is 29.8 Å². The third-order valence-electron chi connectivity index (χ3n) is 2.79. The molecule has 1 aromatic carbocycles. The monoisotopic (exact) mass is 283 g/mol. The number of carboxylic acid groups (broad SMARTS) is 1. The van der Waals surface area contributed by atoms with E-state index >= 15 is 0 Å². The van der Waals surface area contributed by atoms with E-state index in [9.17, 15) is 14.0 Å². The highest BCUT2D eigenvalue weighted by Crippen LogP contribution is 2.17. The quantitative estimate of drug-likeness (QED) is 0.587. The number of benzene rings is 1. The molecule has 0 aliphatic heterocycles. The first kappa shape index (κ1) is 16.1. The van der Waals surface area contributed by atoms with Crippen LogP contribution < -0.4 is 10.5 Å². The van der Waals surface area contributed by atoms with Crippen molar-refractivity contribution in [3.63, 3.8) is 0 Å². The first-order chi connectivity index (χ1) is 9.41. The summed E-state index contributed by atoms with van der Waals surface area (Å²) in [5, 5.41) is 8.89. The molecule has 0 saturated carbocycles. The molecule has 0 bridgehead atoms. The first-order valence-electron chi connectivity index (χ1n) is 6.29. The second-order valence-corrected chi connectivity index (χ2v) is 4.64. The Bertz CT molecular complexity index is 475. The van der Waals surface area contributed by atoms with E-state index in [4.69, 9.17) is 15.6 Å². The van der Waals surface area contributed by atoms with Crippen molar-refractivity contribution >= 4 is 11.9 Å². The van der Waals surface area contributed by atoms with Gasteiger partial charge in [-0.3, -0.25) is 9.59 Å². The summed E-state index contributed by atoms with van der Waals surface area (Å²) in [5.41, 5.74) is 4.10. The van der Waals surface area contributed by atoms with Crippen LogP contribution in [-0.4, -0.2) is 29.3 Å². The fraction of sp³-hybridized carbons (Fsp3) is 0.429. The third-order valence-corrected chi connectivity index (χ3v) is 2.79. The lowest BCUT2D eigenvalue weighted by Gasteiger charge is -2.20. The SMILES string of the molecule is CCCC(=O)Oc1ccc(C[C@@](N)(CF)C(=O)O)cc1. The van der Waals surface area contributed by atoms with Crippen LogP contribution in [0.4, 0.5) is 4.39 Å². The van der Waals surface area contributed by atoms with Crippen LogP contribution in [0.1, 0.15) is 25.3 Å². The predicted molar refractivity (Wildman–Crippen MR) is 71.2 cm³/mol. The average Bonchev–Trinajstić information content (AvgIpc) is 2.41. The molecular formula is C14H18FNO4. The van der Waals surface area contributed by atoms with Gasteiger partial charge in [0.15, 0.2) is 0 Å². The zero-order valence-electron chi connectivity index (χ0n) is 11.3. The minimum absolute atomic E-state index is 0.137. The number of hydrogen-bond acceptors (Lipinski definition) is 4. The summed E-state index contributed by atoms with van der Waals surface area (Å²) in [6.07, 6.45) is 0.887. The number of ether oxygens (including phenoxy) is 1. The van der Waals surface area contributed by atoms with Crippen LogP contribution >= 0.6 is 0 Å². The summed E-state index contributed by atoms with van der Waals surface area (Å²) in [5.74, 6) is -1.36. The topological polar surface area (TPSA) is 89.6 Å². The van der Waals surface area contributed by atoms with Gasteiger partial charge in [0.05, 0.1) is 0 Å². The van der Waals surface area contributed by atoms with E-state index in [0.29, 0.717) is 24.2 Å². The van der Waals surface area contributed by atoms with E-state index in [-0.39, 0.29) is 12.4 Å². The van der Waals surface area contributed by atoms with Gasteiger partial charge in [0.1, 0.15) is 18.0 Å². The van der Waals surface area contributed by atoms with Gasteiger partial charge >= 0.3 is 11.9 Å². The Morgan fingerprint density at radius 1 is 1.35 bits per heavy atom. The van der Waals surface area contributed by atoms with Crippen LogP contribution in [0.25, 0.3) is 0 Å². The summed E-state index contributed by atoms with van der Waals surface area (Å²) in [6, 6.07) is 6.19. The second kappa shape index (κ2) is 7.00. The molecule has 0 amide bonds. The zero-order valence-corrected chi connectivity index (χ0v) is 11.3. The molecule has 0 saturated heterocycles. The van der Waals surface area contributed by atoms with Crippen LogP contribution in [-0.2, 0) is 16.0 Å². The van der Waals surface area contributed by atoms with Crippen molar-refractivity contribution in [2.24, 2.45) is 5.73 Å². The third kappa shape index (κ3) is 4.31. The van der Waals surface area contributed by atoms with Gasteiger partial charge in [-0.1, -0.05) is 19.1 Å². The molecule has 3 N–H and O–H groups in total. The molecular weight excluding hydrogens is 265 g/mol. The van der Waals surface area contributed by atoms with Crippen LogP contribution in [0.2, 0.25) is 0 Å². The number of halogens is 1. The Labute approximate surface area is 116 Å². The van der Waals surface area contributed by atoms with E-state index in [1.54, 1.807) is 12.1 Å². The van der Waals surface area contributed by atoms with Gasteiger partial charge in [0.2, 0.25) is 0 Å². The van der Waals surface area contributed by atoms with Gasteiger partial charge in [0.25, 0.3) is 0 Å². The normalized spacial score (nSPS) is 13.6. The summed E-state index contributed by atoms with van der Waals surface area (Å²) in [4.78, 5) is 22.2. The molecule has 5 nitrogen and oxygen atoms in total. The highest BCUT2D eigenvalue weighted by molar-refractivity contribution is 5.79. The Hall–Kier alpha value is -1.95. The van der Waals surface area contributed by atoms with E-state index in [1.165, 1.54) is 12.1 Å². The van der Waals surface area contributed by atoms with Crippen molar-refractivity contribution in [1.29, 1.82) is 0 Å². The van der Waals surface area contributed by atoms with Crippen molar-refractivity contribution in [1.82, 2.24) is 0 Å². The average molecular weight is 283 g/mol. The van der Waals surface area contributed by atoms with E-state index < -0.39 is 18.2 Å². The van der Waals surface area contributed by atoms with Gasteiger partial charge in [-0.25, -0.2) is 4.39 Å². The molecule has 110 valence electrons. The lowest BCUT2D eigenvalue weighted by Crippen LogP contribution is -2.52. The first-order valence-corrected chi connectivity index (χ1v) is 6.29. The fourth-order valence-corrected chi connectivity index (χ4v) is 1.61. The number of carbonyl (C=O) groups excluding carboxylic acids is 1. The van der Waals surface area contributed by atoms with Crippen LogP contribution in [0.3, 0.4) is 0 Å². The molecule has 0 aromatic heterocycles. The number of carboxylic acids is 1. The molecule has 0 fully saturated rings. The Morgan fingerprint density at radius 3 is 2.40 bits per heavy atom. The number of nitrogens with two attached hydrogens (primary N) is 1. The number of esters is 1. The molecule has 0 unspecified atom stereocenters.